The summed E-state index contributed by atoms with van der Waals surface area (Å²) in [6.45, 7) is 1.04. The van der Waals surface area contributed by atoms with Gasteiger partial charge in [-0.2, -0.15) is 0 Å². The first kappa shape index (κ1) is 18.9. The highest BCUT2D eigenvalue weighted by molar-refractivity contribution is 7.09. The Balaban J connectivity index is 2.22. The fourth-order valence-electron chi connectivity index (χ4n) is 2.19. The average Bonchev–Trinajstić information content (AvgIpc) is 3.12. The lowest BCUT2D eigenvalue weighted by molar-refractivity contribution is 0.0594. The van der Waals surface area contributed by atoms with Crippen LogP contribution in [-0.2, 0) is 16.0 Å². The minimum Gasteiger partial charge on any atom is -0.496 e. The number of para-hydroxylation sites is 1. The highest BCUT2D eigenvalue weighted by atomic mass is 32.1. The molecule has 0 spiro atoms. The van der Waals surface area contributed by atoms with Gasteiger partial charge in [0, 0.05) is 19.0 Å². The number of benzene rings is 1. The van der Waals surface area contributed by atoms with Crippen LogP contribution >= 0.6 is 11.3 Å². The molecule has 25 heavy (non-hydrogen) atoms. The third-order valence-corrected chi connectivity index (χ3v) is 4.30. The van der Waals surface area contributed by atoms with Crippen LogP contribution in [0.2, 0.25) is 0 Å². The molecule has 2 aromatic rings. The number of carbonyl (C=O) groups is 2. The lowest BCUT2D eigenvalue weighted by atomic mass is 10.1. The summed E-state index contributed by atoms with van der Waals surface area (Å²) in [5, 5.41) is 2.25. The number of methoxy groups -OCH3 is 3. The molecule has 0 bridgehead atoms. The molecule has 0 aliphatic rings. The van der Waals surface area contributed by atoms with Gasteiger partial charge < -0.3 is 19.1 Å². The van der Waals surface area contributed by atoms with Gasteiger partial charge in [0.2, 0.25) is 0 Å². The van der Waals surface area contributed by atoms with Crippen molar-refractivity contribution in [2.75, 3.05) is 34.5 Å². The van der Waals surface area contributed by atoms with Crippen molar-refractivity contribution in [2.24, 2.45) is 0 Å². The van der Waals surface area contributed by atoms with E-state index < -0.39 is 5.97 Å². The number of esters is 1. The van der Waals surface area contributed by atoms with Crippen LogP contribution in [0.25, 0.3) is 0 Å². The summed E-state index contributed by atoms with van der Waals surface area (Å²) in [4.78, 5) is 30.3. The molecular weight excluding hydrogens is 344 g/mol. The number of hydrogen-bond donors (Lipinski definition) is 0. The topological polar surface area (TPSA) is 78.0 Å². The lowest BCUT2D eigenvalue weighted by Gasteiger charge is -2.22. The molecule has 7 nitrogen and oxygen atoms in total. The van der Waals surface area contributed by atoms with Crippen molar-refractivity contribution < 1.29 is 23.8 Å². The van der Waals surface area contributed by atoms with Crippen molar-refractivity contribution in [1.29, 1.82) is 0 Å². The molecule has 1 aromatic carbocycles. The van der Waals surface area contributed by atoms with E-state index in [1.165, 1.54) is 25.6 Å². The van der Waals surface area contributed by atoms with Crippen LogP contribution < -0.4 is 4.74 Å². The zero-order chi connectivity index (χ0) is 18.2. The van der Waals surface area contributed by atoms with E-state index in [2.05, 4.69) is 9.72 Å². The van der Waals surface area contributed by atoms with Gasteiger partial charge in [0.05, 0.1) is 32.9 Å². The Morgan fingerprint density at radius 3 is 2.64 bits per heavy atom. The Morgan fingerprint density at radius 1 is 1.20 bits per heavy atom. The highest BCUT2D eigenvalue weighted by Gasteiger charge is 2.21. The molecule has 0 N–H and O–H groups in total. The zero-order valence-electron chi connectivity index (χ0n) is 14.4. The van der Waals surface area contributed by atoms with Crippen LogP contribution in [0, 0.1) is 0 Å². The SMILES string of the molecule is COCCN(Cc1nc(C(=O)OC)cs1)C(=O)c1ccccc1OC. The fraction of sp³-hybridized carbons (Fsp3) is 0.353. The van der Waals surface area contributed by atoms with Crippen molar-refractivity contribution in [3.05, 3.63) is 45.9 Å². The summed E-state index contributed by atoms with van der Waals surface area (Å²) < 4.78 is 15.0. The summed E-state index contributed by atoms with van der Waals surface area (Å²) in [6, 6.07) is 7.03. The maximum atomic E-state index is 12.9. The second-order valence-electron chi connectivity index (χ2n) is 5.04. The van der Waals surface area contributed by atoms with E-state index in [9.17, 15) is 9.59 Å². The maximum absolute atomic E-state index is 12.9. The molecule has 0 atom stereocenters. The quantitative estimate of drug-likeness (QED) is 0.669. The predicted molar refractivity (Wildman–Crippen MR) is 93.1 cm³/mol. The first-order valence-electron chi connectivity index (χ1n) is 7.54. The molecule has 1 heterocycles. The van der Waals surface area contributed by atoms with Crippen molar-refractivity contribution in [3.63, 3.8) is 0 Å². The Bertz CT molecular complexity index is 731. The van der Waals surface area contributed by atoms with Gasteiger partial charge in [0.1, 0.15) is 10.8 Å². The largest absolute Gasteiger partial charge is 0.496 e. The zero-order valence-corrected chi connectivity index (χ0v) is 15.2. The Kier molecular flexibility index (Phi) is 6.91. The predicted octanol–water partition coefficient (Wildman–Crippen LogP) is 2.23. The van der Waals surface area contributed by atoms with Gasteiger partial charge in [-0.1, -0.05) is 12.1 Å². The monoisotopic (exact) mass is 364 g/mol. The third-order valence-electron chi connectivity index (χ3n) is 3.46. The summed E-state index contributed by atoms with van der Waals surface area (Å²) in [5.41, 5.74) is 0.699. The van der Waals surface area contributed by atoms with Crippen LogP contribution in [0.15, 0.2) is 29.6 Å². The molecule has 0 saturated carbocycles. The van der Waals surface area contributed by atoms with E-state index in [0.717, 1.165) is 0 Å². The van der Waals surface area contributed by atoms with Crippen molar-refractivity contribution >= 4 is 23.2 Å². The first-order chi connectivity index (χ1) is 12.1. The van der Waals surface area contributed by atoms with Crippen molar-refractivity contribution in [2.45, 2.75) is 6.54 Å². The van der Waals surface area contributed by atoms with Gasteiger partial charge >= 0.3 is 5.97 Å². The number of rotatable bonds is 8. The second-order valence-corrected chi connectivity index (χ2v) is 5.98. The van der Waals surface area contributed by atoms with Crippen LogP contribution in [-0.4, -0.2) is 56.2 Å². The van der Waals surface area contributed by atoms with Gasteiger partial charge in [-0.3, -0.25) is 4.79 Å². The van der Waals surface area contributed by atoms with Gasteiger partial charge in [-0.15, -0.1) is 11.3 Å². The van der Waals surface area contributed by atoms with Crippen molar-refractivity contribution in [3.8, 4) is 5.75 Å². The first-order valence-corrected chi connectivity index (χ1v) is 8.42. The molecule has 0 radical (unpaired) electrons. The minimum atomic E-state index is -0.498. The van der Waals surface area contributed by atoms with Crippen LogP contribution in [0.1, 0.15) is 25.9 Å². The smallest absolute Gasteiger partial charge is 0.357 e. The number of nitrogens with zero attached hydrogens (tertiary/aromatic N) is 2. The summed E-state index contributed by atoms with van der Waals surface area (Å²) in [5.74, 6) is -0.185. The average molecular weight is 364 g/mol. The standard InChI is InChI=1S/C17H20N2O5S/c1-22-9-8-19(10-15-18-13(11-25-15)17(21)24-3)16(20)12-6-4-5-7-14(12)23-2/h4-7,11H,8-10H2,1-3H3. The van der Waals surface area contributed by atoms with Crippen LogP contribution in [0.3, 0.4) is 0 Å². The van der Waals surface area contributed by atoms with E-state index in [1.807, 2.05) is 0 Å². The highest BCUT2D eigenvalue weighted by Crippen LogP contribution is 2.21. The van der Waals surface area contributed by atoms with Gasteiger partial charge in [0.15, 0.2) is 5.69 Å². The Labute approximate surface area is 150 Å². The molecular formula is C17H20N2O5S. The van der Waals surface area contributed by atoms with Crippen LogP contribution in [0.5, 0.6) is 5.75 Å². The fourth-order valence-corrected chi connectivity index (χ4v) is 2.97. The van der Waals surface area contributed by atoms with Crippen LogP contribution in [0.4, 0.5) is 0 Å². The summed E-state index contributed by atoms with van der Waals surface area (Å²) >= 11 is 1.30. The molecule has 1 aromatic heterocycles. The van der Waals surface area contributed by atoms with Gasteiger partial charge in [-0.25, -0.2) is 9.78 Å². The van der Waals surface area contributed by atoms with Gasteiger partial charge in [0.25, 0.3) is 5.91 Å². The van der Waals surface area contributed by atoms with E-state index in [1.54, 1.807) is 41.7 Å². The van der Waals surface area contributed by atoms with E-state index in [-0.39, 0.29) is 18.1 Å². The molecule has 0 aliphatic heterocycles. The Morgan fingerprint density at radius 2 is 1.96 bits per heavy atom. The molecule has 0 saturated heterocycles. The van der Waals surface area contributed by atoms with Crippen molar-refractivity contribution in [1.82, 2.24) is 9.88 Å². The lowest BCUT2D eigenvalue weighted by Crippen LogP contribution is -2.33. The molecule has 8 heteroatoms. The molecule has 0 aliphatic carbocycles. The molecule has 0 unspecified atom stereocenters. The molecule has 1 amide bonds. The molecule has 0 fully saturated rings. The number of carbonyl (C=O) groups excluding carboxylic acids is 2. The summed E-state index contributed by atoms with van der Waals surface area (Å²) in [7, 11) is 4.40. The van der Waals surface area contributed by atoms with Gasteiger partial charge in [-0.05, 0) is 12.1 Å². The number of thiazole rings is 1. The second kappa shape index (κ2) is 9.14. The number of amides is 1. The van der Waals surface area contributed by atoms with E-state index in [0.29, 0.717) is 29.5 Å². The number of aromatic nitrogens is 1. The number of hydrogen-bond acceptors (Lipinski definition) is 7. The van der Waals surface area contributed by atoms with E-state index in [4.69, 9.17) is 9.47 Å². The summed E-state index contributed by atoms with van der Waals surface area (Å²) in [6.07, 6.45) is 0. The third kappa shape index (κ3) is 4.77. The Hall–Kier alpha value is -2.45. The molecule has 2 rings (SSSR count). The molecule has 134 valence electrons. The maximum Gasteiger partial charge on any atom is 0.357 e. The number of ether oxygens (including phenoxy) is 3. The minimum absolute atomic E-state index is 0.190. The normalized spacial score (nSPS) is 10.4. The van der Waals surface area contributed by atoms with E-state index >= 15 is 0 Å².